The van der Waals surface area contributed by atoms with Crippen LogP contribution < -0.4 is 16.4 Å². The molecule has 2 fully saturated rings. The Morgan fingerprint density at radius 2 is 2.14 bits per heavy atom. The number of nitrogens with one attached hydrogen (secondary N) is 2. The lowest BCUT2D eigenvalue weighted by Gasteiger charge is -2.40. The molecule has 2 aliphatic rings. The molecule has 0 aromatic rings. The minimum atomic E-state index is 0.364. The lowest BCUT2D eigenvalue weighted by Crippen LogP contribution is -2.58. The van der Waals surface area contributed by atoms with Crippen molar-refractivity contribution in [3.8, 4) is 0 Å². The molecule has 0 aliphatic carbocycles. The Hall–Kier alpha value is -0.120. The van der Waals surface area contributed by atoms with Gasteiger partial charge in [0.2, 0.25) is 0 Å². The third kappa shape index (κ3) is 2.27. The quantitative estimate of drug-likeness (QED) is 0.567. The van der Waals surface area contributed by atoms with E-state index in [9.17, 15) is 0 Å². The number of piperidine rings is 2. The van der Waals surface area contributed by atoms with Crippen LogP contribution in [0.5, 0.6) is 0 Å². The first-order valence-electron chi connectivity index (χ1n) is 5.97. The van der Waals surface area contributed by atoms with Crippen molar-refractivity contribution in [2.45, 2.75) is 38.3 Å². The molecule has 82 valence electrons. The second kappa shape index (κ2) is 4.60. The van der Waals surface area contributed by atoms with Crippen molar-refractivity contribution in [1.29, 1.82) is 0 Å². The van der Waals surface area contributed by atoms with E-state index in [1.807, 2.05) is 0 Å². The van der Waals surface area contributed by atoms with Crippen LogP contribution in [0.2, 0.25) is 0 Å². The Bertz CT molecular complexity index is 177. The standard InChI is InChI=1S/C11H23N3/c1-8-5-10(12)11(14-6-8)9-3-2-4-13-7-9/h8-11,13-14H,2-7,12H2,1H3. The van der Waals surface area contributed by atoms with Crippen molar-refractivity contribution in [3.05, 3.63) is 0 Å². The summed E-state index contributed by atoms with van der Waals surface area (Å²) in [5, 5.41) is 7.09. The fourth-order valence-electron chi connectivity index (χ4n) is 2.88. The van der Waals surface area contributed by atoms with Gasteiger partial charge in [-0.1, -0.05) is 6.92 Å². The highest BCUT2D eigenvalue weighted by atomic mass is 15.0. The predicted octanol–water partition coefficient (Wildman–Crippen LogP) is 0.311. The van der Waals surface area contributed by atoms with E-state index in [4.69, 9.17) is 5.73 Å². The summed E-state index contributed by atoms with van der Waals surface area (Å²) < 4.78 is 0. The topological polar surface area (TPSA) is 50.1 Å². The second-order valence-electron chi connectivity index (χ2n) is 5.05. The van der Waals surface area contributed by atoms with Crippen LogP contribution in [-0.2, 0) is 0 Å². The maximum Gasteiger partial charge on any atom is 0.0259 e. The zero-order valence-corrected chi connectivity index (χ0v) is 9.13. The Morgan fingerprint density at radius 1 is 1.29 bits per heavy atom. The number of hydrogen-bond donors (Lipinski definition) is 3. The van der Waals surface area contributed by atoms with Gasteiger partial charge in [-0.05, 0) is 50.7 Å². The van der Waals surface area contributed by atoms with Gasteiger partial charge < -0.3 is 16.4 Å². The maximum absolute atomic E-state index is 6.21. The number of nitrogens with two attached hydrogens (primary N) is 1. The van der Waals surface area contributed by atoms with Crippen molar-refractivity contribution in [1.82, 2.24) is 10.6 Å². The molecule has 0 aromatic carbocycles. The molecule has 14 heavy (non-hydrogen) atoms. The first-order valence-corrected chi connectivity index (χ1v) is 5.97. The van der Waals surface area contributed by atoms with Gasteiger partial charge in [0, 0.05) is 12.1 Å². The molecule has 2 aliphatic heterocycles. The molecule has 0 radical (unpaired) electrons. The molecule has 2 rings (SSSR count). The van der Waals surface area contributed by atoms with Gasteiger partial charge in [0.1, 0.15) is 0 Å². The fourth-order valence-corrected chi connectivity index (χ4v) is 2.88. The van der Waals surface area contributed by atoms with Gasteiger partial charge in [0.15, 0.2) is 0 Å². The number of rotatable bonds is 1. The Morgan fingerprint density at radius 3 is 2.79 bits per heavy atom. The molecule has 0 aromatic heterocycles. The van der Waals surface area contributed by atoms with E-state index in [1.54, 1.807) is 0 Å². The van der Waals surface area contributed by atoms with E-state index in [-0.39, 0.29) is 0 Å². The van der Waals surface area contributed by atoms with E-state index in [0.717, 1.165) is 24.9 Å². The van der Waals surface area contributed by atoms with Gasteiger partial charge in [0.25, 0.3) is 0 Å². The minimum Gasteiger partial charge on any atom is -0.326 e. The third-order valence-corrected chi connectivity index (χ3v) is 3.68. The highest BCUT2D eigenvalue weighted by Gasteiger charge is 2.32. The third-order valence-electron chi connectivity index (χ3n) is 3.68. The molecule has 0 saturated carbocycles. The van der Waals surface area contributed by atoms with Crippen LogP contribution in [0.15, 0.2) is 0 Å². The van der Waals surface area contributed by atoms with E-state index in [2.05, 4.69) is 17.6 Å². The Balaban J connectivity index is 1.89. The summed E-state index contributed by atoms with van der Waals surface area (Å²) in [5.41, 5.74) is 6.21. The molecule has 2 heterocycles. The van der Waals surface area contributed by atoms with E-state index in [0.29, 0.717) is 12.1 Å². The number of hydrogen-bond acceptors (Lipinski definition) is 3. The van der Waals surface area contributed by atoms with Crippen molar-refractivity contribution < 1.29 is 0 Å². The molecular weight excluding hydrogens is 174 g/mol. The average Bonchev–Trinajstić information content (AvgIpc) is 2.19. The van der Waals surface area contributed by atoms with Crippen LogP contribution in [0.3, 0.4) is 0 Å². The van der Waals surface area contributed by atoms with E-state index < -0.39 is 0 Å². The fraction of sp³-hybridized carbons (Fsp3) is 1.00. The van der Waals surface area contributed by atoms with Gasteiger partial charge >= 0.3 is 0 Å². The van der Waals surface area contributed by atoms with Gasteiger partial charge in [-0.3, -0.25) is 0 Å². The van der Waals surface area contributed by atoms with Crippen LogP contribution in [0.4, 0.5) is 0 Å². The van der Waals surface area contributed by atoms with E-state index in [1.165, 1.54) is 25.8 Å². The maximum atomic E-state index is 6.21. The SMILES string of the molecule is CC1CNC(C2CCCNC2)C(N)C1. The molecule has 4 unspecified atom stereocenters. The summed E-state index contributed by atoms with van der Waals surface area (Å²) >= 11 is 0. The molecule has 0 spiro atoms. The van der Waals surface area contributed by atoms with Gasteiger partial charge in [-0.15, -0.1) is 0 Å². The van der Waals surface area contributed by atoms with Crippen molar-refractivity contribution >= 4 is 0 Å². The summed E-state index contributed by atoms with van der Waals surface area (Å²) in [6.07, 6.45) is 3.84. The predicted molar refractivity (Wildman–Crippen MR) is 59.1 cm³/mol. The van der Waals surface area contributed by atoms with Crippen LogP contribution >= 0.6 is 0 Å². The molecule has 4 N–H and O–H groups in total. The molecule has 0 amide bonds. The lowest BCUT2D eigenvalue weighted by molar-refractivity contribution is 0.196. The van der Waals surface area contributed by atoms with Crippen molar-refractivity contribution in [3.63, 3.8) is 0 Å². The lowest BCUT2D eigenvalue weighted by atomic mass is 9.81. The summed E-state index contributed by atoms with van der Waals surface area (Å²) in [6.45, 7) is 5.77. The zero-order chi connectivity index (χ0) is 9.97. The van der Waals surface area contributed by atoms with Crippen LogP contribution in [0.25, 0.3) is 0 Å². The molecule has 3 nitrogen and oxygen atoms in total. The largest absolute Gasteiger partial charge is 0.326 e. The van der Waals surface area contributed by atoms with Gasteiger partial charge in [-0.25, -0.2) is 0 Å². The highest BCUT2D eigenvalue weighted by molar-refractivity contribution is 4.92. The molecular formula is C11H23N3. The monoisotopic (exact) mass is 197 g/mol. The van der Waals surface area contributed by atoms with Crippen LogP contribution in [0.1, 0.15) is 26.2 Å². The molecule has 2 saturated heterocycles. The van der Waals surface area contributed by atoms with Crippen LogP contribution in [-0.4, -0.2) is 31.7 Å². The minimum absolute atomic E-state index is 0.364. The second-order valence-corrected chi connectivity index (χ2v) is 5.05. The molecule has 0 bridgehead atoms. The highest BCUT2D eigenvalue weighted by Crippen LogP contribution is 2.22. The summed E-state index contributed by atoms with van der Waals surface area (Å²) in [7, 11) is 0. The van der Waals surface area contributed by atoms with Crippen molar-refractivity contribution in [2.75, 3.05) is 19.6 Å². The zero-order valence-electron chi connectivity index (χ0n) is 9.13. The normalized spacial score (nSPS) is 45.0. The van der Waals surface area contributed by atoms with Gasteiger partial charge in [0.05, 0.1) is 0 Å². The Labute approximate surface area is 86.8 Å². The summed E-state index contributed by atoms with van der Waals surface area (Å²) in [5.74, 6) is 1.50. The first-order chi connectivity index (χ1) is 6.77. The molecule has 4 atom stereocenters. The van der Waals surface area contributed by atoms with Gasteiger partial charge in [-0.2, -0.15) is 0 Å². The summed E-state index contributed by atoms with van der Waals surface area (Å²) in [6, 6.07) is 0.919. The molecule has 3 heteroatoms. The smallest absolute Gasteiger partial charge is 0.0259 e. The first kappa shape index (κ1) is 10.4. The summed E-state index contributed by atoms with van der Waals surface area (Å²) in [4.78, 5) is 0. The Kier molecular flexibility index (Phi) is 3.42. The van der Waals surface area contributed by atoms with Crippen molar-refractivity contribution in [2.24, 2.45) is 17.6 Å². The van der Waals surface area contributed by atoms with E-state index >= 15 is 0 Å². The average molecular weight is 197 g/mol. The van der Waals surface area contributed by atoms with Crippen LogP contribution in [0, 0.1) is 11.8 Å².